The highest BCUT2D eigenvalue weighted by atomic mass is 16.7. The molecule has 12 heteroatoms. The van der Waals surface area contributed by atoms with Crippen LogP contribution in [0.5, 0.6) is 17.2 Å². The lowest BCUT2D eigenvalue weighted by atomic mass is 9.72. The van der Waals surface area contributed by atoms with Gasteiger partial charge in [-0.2, -0.15) is 0 Å². The quantitative estimate of drug-likeness (QED) is 0.235. The molecule has 1 saturated heterocycles. The van der Waals surface area contributed by atoms with E-state index in [1.807, 2.05) is 0 Å². The first-order valence-corrected chi connectivity index (χ1v) is 11.8. The topological polar surface area (TPSA) is 200 Å². The van der Waals surface area contributed by atoms with E-state index in [1.54, 1.807) is 0 Å². The number of carbonyl (C=O) groups excluding carboxylic acids is 3. The summed E-state index contributed by atoms with van der Waals surface area (Å²) in [6.07, 6.45) is -8.36. The van der Waals surface area contributed by atoms with Gasteiger partial charge in [-0.25, -0.2) is 0 Å². The predicted octanol–water partition coefficient (Wildman–Crippen LogP) is -0.355. The number of phenols is 2. The summed E-state index contributed by atoms with van der Waals surface area (Å²) >= 11 is 0. The predicted molar refractivity (Wildman–Crippen MR) is 125 cm³/mol. The van der Waals surface area contributed by atoms with Crippen LogP contribution in [0, 0.1) is 0 Å². The van der Waals surface area contributed by atoms with Gasteiger partial charge in [0.1, 0.15) is 41.2 Å². The second kappa shape index (κ2) is 9.12. The Balaban J connectivity index is 1.70. The fourth-order valence-corrected chi connectivity index (χ4v) is 5.44. The second-order valence-electron chi connectivity index (χ2n) is 9.68. The molecule has 0 amide bonds. The molecule has 12 nitrogen and oxygen atoms in total. The van der Waals surface area contributed by atoms with Gasteiger partial charge in [-0.05, 0) is 13.0 Å². The average molecular weight is 530 g/mol. The summed E-state index contributed by atoms with van der Waals surface area (Å²) in [4.78, 5) is 39.4. The van der Waals surface area contributed by atoms with Crippen LogP contribution in [-0.4, -0.2) is 91.9 Å². The van der Waals surface area contributed by atoms with Gasteiger partial charge in [0.15, 0.2) is 17.9 Å². The molecule has 3 aliphatic rings. The van der Waals surface area contributed by atoms with E-state index in [2.05, 4.69) is 0 Å². The highest BCUT2D eigenvalue weighted by Crippen LogP contribution is 2.52. The minimum atomic E-state index is -2.11. The van der Waals surface area contributed by atoms with Crippen molar-refractivity contribution in [1.82, 2.24) is 0 Å². The molecule has 2 aromatic carbocycles. The summed E-state index contributed by atoms with van der Waals surface area (Å²) in [6, 6.07) is 4.32. The Kier molecular flexibility index (Phi) is 6.29. The molecule has 6 atom stereocenters. The zero-order valence-corrected chi connectivity index (χ0v) is 20.4. The second-order valence-corrected chi connectivity index (χ2v) is 9.68. The van der Waals surface area contributed by atoms with Crippen molar-refractivity contribution >= 4 is 17.3 Å². The number of phenolic OH excluding ortho intramolecular Hbond substituents is 2. The van der Waals surface area contributed by atoms with Gasteiger partial charge in [0.2, 0.25) is 5.78 Å². The first-order chi connectivity index (χ1) is 17.9. The lowest BCUT2D eigenvalue weighted by molar-refractivity contribution is -0.208. The number of fused-ring (bicyclic) bond motifs is 3. The number of carbonyl (C=O) groups is 3. The average Bonchev–Trinajstić information content (AvgIpc) is 3.16. The van der Waals surface area contributed by atoms with E-state index in [0.29, 0.717) is 0 Å². The molecule has 5 unspecified atom stereocenters. The third kappa shape index (κ3) is 3.64. The van der Waals surface area contributed by atoms with Gasteiger partial charge < -0.3 is 44.8 Å². The number of hydrogen-bond acceptors (Lipinski definition) is 12. The molecule has 1 aliphatic heterocycles. The molecule has 202 valence electrons. The molecule has 6 N–H and O–H groups in total. The maximum absolute atomic E-state index is 13.6. The van der Waals surface area contributed by atoms with Crippen LogP contribution in [-0.2, 0) is 20.7 Å². The third-order valence-corrected chi connectivity index (χ3v) is 7.53. The van der Waals surface area contributed by atoms with E-state index in [0.717, 1.165) is 6.92 Å². The number of ketones is 3. The lowest BCUT2D eigenvalue weighted by Crippen LogP contribution is -2.46. The maximum atomic E-state index is 13.6. The number of hydrogen-bond donors (Lipinski definition) is 6. The molecule has 0 aromatic heterocycles. The molecule has 0 spiro atoms. The normalized spacial score (nSPS) is 30.0. The first-order valence-electron chi connectivity index (χ1n) is 11.8. The lowest BCUT2D eigenvalue weighted by Gasteiger charge is -2.39. The van der Waals surface area contributed by atoms with Crippen molar-refractivity contribution < 1.29 is 59.2 Å². The summed E-state index contributed by atoms with van der Waals surface area (Å²) in [5.74, 6) is -3.64. The molecule has 0 radical (unpaired) electrons. The van der Waals surface area contributed by atoms with Crippen molar-refractivity contribution in [2.24, 2.45) is 0 Å². The van der Waals surface area contributed by atoms with E-state index in [9.17, 15) is 45.0 Å². The minimum Gasteiger partial charge on any atom is -0.507 e. The summed E-state index contributed by atoms with van der Waals surface area (Å²) in [6.45, 7) is 0.467. The Morgan fingerprint density at radius 1 is 1.08 bits per heavy atom. The van der Waals surface area contributed by atoms with Gasteiger partial charge in [-0.1, -0.05) is 12.1 Å². The summed E-state index contributed by atoms with van der Waals surface area (Å²) in [5, 5.41) is 63.7. The molecule has 2 aliphatic carbocycles. The third-order valence-electron chi connectivity index (χ3n) is 7.53. The molecule has 1 fully saturated rings. The van der Waals surface area contributed by atoms with E-state index in [-0.39, 0.29) is 28.0 Å². The summed E-state index contributed by atoms with van der Waals surface area (Å²) in [5.41, 5.74) is -3.68. The van der Waals surface area contributed by atoms with Gasteiger partial charge in [0.25, 0.3) is 0 Å². The van der Waals surface area contributed by atoms with E-state index in [4.69, 9.17) is 14.2 Å². The Hall–Kier alpha value is -3.39. The standard InChI is InChI=1S/C26H26O12/c1-9(28)26(35)6-11-16(13(7-26)37-25-24(34)21(31)14(8-27)38-25)23(33)18-17(20(11)30)19(29)10-4-3-5-12(36-2)15(10)22(18)32/h3-5,13-14,21,24-25,27,30-31,33-35H,6-8H2,1-2H3/t13?,14?,21?,24?,25?,26-/m0/s1. The number of Topliss-reactive ketones (excluding diaryl/α,β-unsaturated/α-hetero) is 1. The van der Waals surface area contributed by atoms with Crippen LogP contribution >= 0.6 is 0 Å². The molecule has 1 heterocycles. The van der Waals surface area contributed by atoms with Crippen LogP contribution in [0.25, 0.3) is 0 Å². The van der Waals surface area contributed by atoms with Gasteiger partial charge >= 0.3 is 0 Å². The number of rotatable bonds is 5. The zero-order chi connectivity index (χ0) is 27.7. The van der Waals surface area contributed by atoms with Crippen molar-refractivity contribution in [3.63, 3.8) is 0 Å². The van der Waals surface area contributed by atoms with E-state index in [1.165, 1.54) is 25.3 Å². The van der Waals surface area contributed by atoms with Gasteiger partial charge in [0, 0.05) is 29.5 Å². The van der Waals surface area contributed by atoms with E-state index >= 15 is 0 Å². The van der Waals surface area contributed by atoms with Crippen LogP contribution in [0.1, 0.15) is 62.4 Å². The highest BCUT2D eigenvalue weighted by molar-refractivity contribution is 6.31. The largest absolute Gasteiger partial charge is 0.507 e. The van der Waals surface area contributed by atoms with Crippen molar-refractivity contribution in [3.05, 3.63) is 51.6 Å². The van der Waals surface area contributed by atoms with Gasteiger partial charge in [0.05, 0.1) is 36.5 Å². The molecular formula is C26H26O12. The van der Waals surface area contributed by atoms with Crippen molar-refractivity contribution in [2.45, 2.75) is 56.1 Å². The van der Waals surface area contributed by atoms with Crippen LogP contribution in [0.4, 0.5) is 0 Å². The Labute approximate surface area is 215 Å². The number of ether oxygens (including phenoxy) is 3. The maximum Gasteiger partial charge on any atom is 0.202 e. The monoisotopic (exact) mass is 530 g/mol. The minimum absolute atomic E-state index is 0.0616. The van der Waals surface area contributed by atoms with Crippen LogP contribution in [0.2, 0.25) is 0 Å². The number of methoxy groups -OCH3 is 1. The SMILES string of the molecule is COc1cccc2c1C(=O)c1c(O)c3c(c(O)c1C2=O)C[C@@](O)(C(C)=O)CC3OC1OC(CO)C(O)C1O. The van der Waals surface area contributed by atoms with Gasteiger partial charge in [-0.3, -0.25) is 14.4 Å². The number of aliphatic hydroxyl groups is 4. The van der Waals surface area contributed by atoms with Crippen molar-refractivity contribution in [2.75, 3.05) is 13.7 Å². The number of aromatic hydroxyl groups is 2. The summed E-state index contributed by atoms with van der Waals surface area (Å²) in [7, 11) is 1.31. The number of aliphatic hydroxyl groups excluding tert-OH is 3. The highest BCUT2D eigenvalue weighted by Gasteiger charge is 2.51. The van der Waals surface area contributed by atoms with Crippen LogP contribution in [0.3, 0.4) is 0 Å². The van der Waals surface area contributed by atoms with Crippen molar-refractivity contribution in [3.8, 4) is 17.2 Å². The Morgan fingerprint density at radius 2 is 1.76 bits per heavy atom. The fraction of sp³-hybridized carbons (Fsp3) is 0.423. The van der Waals surface area contributed by atoms with E-state index < -0.39 is 95.7 Å². The zero-order valence-electron chi connectivity index (χ0n) is 20.4. The molecule has 38 heavy (non-hydrogen) atoms. The van der Waals surface area contributed by atoms with Crippen LogP contribution < -0.4 is 4.74 Å². The Bertz CT molecular complexity index is 1370. The number of benzene rings is 2. The fourth-order valence-electron chi connectivity index (χ4n) is 5.44. The molecular weight excluding hydrogens is 504 g/mol. The molecule has 0 saturated carbocycles. The Morgan fingerprint density at radius 3 is 2.37 bits per heavy atom. The first kappa shape index (κ1) is 26.2. The van der Waals surface area contributed by atoms with Crippen molar-refractivity contribution in [1.29, 1.82) is 0 Å². The van der Waals surface area contributed by atoms with Gasteiger partial charge in [-0.15, -0.1) is 0 Å². The molecule has 5 rings (SSSR count). The summed E-state index contributed by atoms with van der Waals surface area (Å²) < 4.78 is 16.4. The van der Waals surface area contributed by atoms with Crippen LogP contribution in [0.15, 0.2) is 18.2 Å². The molecule has 0 bridgehead atoms. The smallest absolute Gasteiger partial charge is 0.202 e. The molecule has 2 aromatic rings.